The minimum Gasteiger partial charge on any atom is -0.506 e. The molecule has 0 saturated heterocycles. The Morgan fingerprint density at radius 2 is 1.84 bits per heavy atom. The average Bonchev–Trinajstić information content (AvgIpc) is 2.37. The van der Waals surface area contributed by atoms with Crippen LogP contribution >= 0.6 is 0 Å². The molecule has 4 nitrogen and oxygen atoms in total. The Morgan fingerprint density at radius 3 is 2.32 bits per heavy atom. The summed E-state index contributed by atoms with van der Waals surface area (Å²) >= 11 is 0. The molecule has 0 aromatic heterocycles. The highest BCUT2D eigenvalue weighted by atomic mass is 16.3. The number of allylic oxidation sites excluding steroid dienone is 2. The van der Waals surface area contributed by atoms with Crippen LogP contribution in [0.25, 0.3) is 5.76 Å². The van der Waals surface area contributed by atoms with Crippen LogP contribution in [0.15, 0.2) is 48.2 Å². The minimum atomic E-state index is -0.387. The van der Waals surface area contributed by atoms with E-state index in [1.54, 1.807) is 49.5 Å². The van der Waals surface area contributed by atoms with Crippen molar-refractivity contribution in [1.29, 1.82) is 5.41 Å². The van der Waals surface area contributed by atoms with Gasteiger partial charge in [0.1, 0.15) is 5.76 Å². The SMILES string of the molecule is CC(=N)/C(C(=O)/C=C/N(C)C)=C(\O)c1ccccc1. The molecule has 0 heterocycles. The van der Waals surface area contributed by atoms with Crippen LogP contribution in [0.1, 0.15) is 12.5 Å². The molecule has 4 heteroatoms. The molecule has 1 aromatic carbocycles. The zero-order chi connectivity index (χ0) is 14.4. The summed E-state index contributed by atoms with van der Waals surface area (Å²) in [6, 6.07) is 8.75. The van der Waals surface area contributed by atoms with Crippen molar-refractivity contribution < 1.29 is 9.90 Å². The number of carbonyl (C=O) groups excluding carboxylic acids is 1. The summed E-state index contributed by atoms with van der Waals surface area (Å²) in [7, 11) is 3.59. The quantitative estimate of drug-likeness (QED) is 0.485. The molecule has 0 aliphatic rings. The summed E-state index contributed by atoms with van der Waals surface area (Å²) in [6.07, 6.45) is 2.93. The molecule has 2 N–H and O–H groups in total. The maximum atomic E-state index is 12.0. The summed E-state index contributed by atoms with van der Waals surface area (Å²) in [6.45, 7) is 1.48. The largest absolute Gasteiger partial charge is 0.506 e. The number of carbonyl (C=O) groups is 1. The molecule has 0 spiro atoms. The number of aliphatic hydroxyl groups excluding tert-OH is 1. The Labute approximate surface area is 113 Å². The maximum Gasteiger partial charge on any atom is 0.192 e. The molecule has 19 heavy (non-hydrogen) atoms. The summed E-state index contributed by atoms with van der Waals surface area (Å²) in [5.74, 6) is -0.552. The van der Waals surface area contributed by atoms with E-state index in [9.17, 15) is 9.90 Å². The first kappa shape index (κ1) is 14.7. The molecule has 0 atom stereocenters. The molecular formula is C15H18N2O2. The monoisotopic (exact) mass is 258 g/mol. The Hall–Kier alpha value is -2.36. The maximum absolute atomic E-state index is 12.0. The molecule has 0 unspecified atom stereocenters. The predicted molar refractivity (Wildman–Crippen MR) is 77.2 cm³/mol. The van der Waals surface area contributed by atoms with E-state index in [1.165, 1.54) is 13.0 Å². The van der Waals surface area contributed by atoms with Crippen LogP contribution in [0.4, 0.5) is 0 Å². The number of rotatable bonds is 5. The number of hydrogen-bond donors (Lipinski definition) is 2. The minimum absolute atomic E-state index is 0.0179. The summed E-state index contributed by atoms with van der Waals surface area (Å²) in [5.41, 5.74) is 0.578. The number of hydrogen-bond acceptors (Lipinski definition) is 4. The van der Waals surface area contributed by atoms with Crippen molar-refractivity contribution >= 4 is 17.3 Å². The first-order valence-electron chi connectivity index (χ1n) is 5.86. The van der Waals surface area contributed by atoms with Gasteiger partial charge in [0.05, 0.1) is 5.57 Å². The highest BCUT2D eigenvalue weighted by molar-refractivity contribution is 6.28. The van der Waals surface area contributed by atoms with Crippen LogP contribution in [-0.4, -0.2) is 35.6 Å². The average molecular weight is 258 g/mol. The van der Waals surface area contributed by atoms with Crippen LogP contribution in [0.2, 0.25) is 0 Å². The van der Waals surface area contributed by atoms with Crippen molar-refractivity contribution in [2.75, 3.05) is 14.1 Å². The molecule has 1 aromatic rings. The Kier molecular flexibility index (Phi) is 5.06. The van der Waals surface area contributed by atoms with Gasteiger partial charge >= 0.3 is 0 Å². The first-order valence-corrected chi connectivity index (χ1v) is 5.86. The van der Waals surface area contributed by atoms with E-state index in [1.807, 2.05) is 6.07 Å². The predicted octanol–water partition coefficient (Wildman–Crippen LogP) is 2.64. The molecule has 1 rings (SSSR count). The zero-order valence-corrected chi connectivity index (χ0v) is 11.3. The molecule has 0 bridgehead atoms. The lowest BCUT2D eigenvalue weighted by Gasteiger charge is -2.08. The number of benzene rings is 1. The summed E-state index contributed by atoms with van der Waals surface area (Å²) in [5, 5.41) is 17.8. The Bertz CT molecular complexity index is 528. The molecule has 0 fully saturated rings. The first-order chi connectivity index (χ1) is 8.93. The highest BCUT2D eigenvalue weighted by Crippen LogP contribution is 2.17. The van der Waals surface area contributed by atoms with Gasteiger partial charge in [0.2, 0.25) is 0 Å². The van der Waals surface area contributed by atoms with Gasteiger partial charge in [-0.1, -0.05) is 30.3 Å². The Balaban J connectivity index is 3.21. The third-order valence-electron chi connectivity index (χ3n) is 2.43. The van der Waals surface area contributed by atoms with Crippen molar-refractivity contribution in [3.63, 3.8) is 0 Å². The van der Waals surface area contributed by atoms with E-state index in [0.29, 0.717) is 5.56 Å². The second-order valence-electron chi connectivity index (χ2n) is 4.36. The number of aliphatic hydroxyl groups is 1. The second-order valence-corrected chi connectivity index (χ2v) is 4.36. The van der Waals surface area contributed by atoms with E-state index >= 15 is 0 Å². The molecule has 100 valence electrons. The third-order valence-corrected chi connectivity index (χ3v) is 2.43. The highest BCUT2D eigenvalue weighted by Gasteiger charge is 2.16. The number of ketones is 1. The number of nitrogens with one attached hydrogen (secondary N) is 1. The van der Waals surface area contributed by atoms with Crippen LogP contribution < -0.4 is 0 Å². The fourth-order valence-corrected chi connectivity index (χ4v) is 1.52. The standard InChI is InChI=1S/C15H18N2O2/c1-11(16)14(13(18)9-10-17(2)3)15(19)12-7-5-4-6-8-12/h4-10,16,19H,1-3H3/b10-9+,15-14+,16-11?. The van der Waals surface area contributed by atoms with E-state index < -0.39 is 0 Å². The summed E-state index contributed by atoms with van der Waals surface area (Å²) < 4.78 is 0. The second kappa shape index (κ2) is 6.54. The summed E-state index contributed by atoms with van der Waals surface area (Å²) in [4.78, 5) is 13.7. The van der Waals surface area contributed by atoms with Gasteiger partial charge in [-0.25, -0.2) is 0 Å². The van der Waals surface area contributed by atoms with Gasteiger partial charge in [-0.05, 0) is 6.92 Å². The van der Waals surface area contributed by atoms with Gasteiger partial charge in [-0.3, -0.25) is 4.79 Å². The van der Waals surface area contributed by atoms with Crippen molar-refractivity contribution in [2.45, 2.75) is 6.92 Å². The van der Waals surface area contributed by atoms with Gasteiger partial charge in [-0.15, -0.1) is 0 Å². The third kappa shape index (κ3) is 4.10. The number of nitrogens with zero attached hydrogens (tertiary/aromatic N) is 1. The molecule has 0 aliphatic carbocycles. The van der Waals surface area contributed by atoms with Crippen molar-refractivity contribution in [3.8, 4) is 0 Å². The zero-order valence-electron chi connectivity index (χ0n) is 11.3. The molecule has 0 radical (unpaired) electrons. The van der Waals surface area contributed by atoms with Gasteiger partial charge in [0.15, 0.2) is 5.78 Å². The molecular weight excluding hydrogens is 240 g/mol. The van der Waals surface area contributed by atoms with E-state index in [0.717, 1.165) is 0 Å². The van der Waals surface area contributed by atoms with E-state index in [4.69, 9.17) is 5.41 Å². The van der Waals surface area contributed by atoms with Crippen LogP contribution in [0, 0.1) is 5.41 Å². The van der Waals surface area contributed by atoms with Gasteiger partial charge in [0.25, 0.3) is 0 Å². The van der Waals surface area contributed by atoms with Gasteiger partial charge in [-0.2, -0.15) is 0 Å². The van der Waals surface area contributed by atoms with Crippen LogP contribution in [0.5, 0.6) is 0 Å². The van der Waals surface area contributed by atoms with E-state index in [2.05, 4.69) is 0 Å². The lowest BCUT2D eigenvalue weighted by molar-refractivity contribution is -0.110. The van der Waals surface area contributed by atoms with Crippen molar-refractivity contribution in [3.05, 3.63) is 53.7 Å². The fraction of sp³-hybridized carbons (Fsp3) is 0.200. The Morgan fingerprint density at radius 1 is 1.26 bits per heavy atom. The smallest absolute Gasteiger partial charge is 0.192 e. The lowest BCUT2D eigenvalue weighted by atomic mass is 10.0. The van der Waals surface area contributed by atoms with Crippen LogP contribution in [0.3, 0.4) is 0 Å². The van der Waals surface area contributed by atoms with Crippen molar-refractivity contribution in [1.82, 2.24) is 4.90 Å². The molecule has 0 saturated carbocycles. The lowest BCUT2D eigenvalue weighted by Crippen LogP contribution is -2.11. The molecule has 0 aliphatic heterocycles. The van der Waals surface area contributed by atoms with Gasteiger partial charge in [0, 0.05) is 37.6 Å². The van der Waals surface area contributed by atoms with E-state index in [-0.39, 0.29) is 22.8 Å². The van der Waals surface area contributed by atoms with Crippen molar-refractivity contribution in [2.24, 2.45) is 0 Å². The van der Waals surface area contributed by atoms with Crippen LogP contribution in [-0.2, 0) is 4.79 Å². The van der Waals surface area contributed by atoms with Gasteiger partial charge < -0.3 is 15.4 Å². The molecule has 0 amide bonds. The normalized spacial score (nSPS) is 12.2. The fourth-order valence-electron chi connectivity index (χ4n) is 1.52. The topological polar surface area (TPSA) is 64.4 Å².